The van der Waals surface area contributed by atoms with Gasteiger partial charge in [-0.15, -0.1) is 0 Å². The molecule has 176 valence electrons. The molecule has 3 rings (SSSR count). The van der Waals surface area contributed by atoms with Crippen molar-refractivity contribution in [1.29, 1.82) is 0 Å². The number of rotatable bonds is 11. The second-order valence-corrected chi connectivity index (χ2v) is 11.7. The summed E-state index contributed by atoms with van der Waals surface area (Å²) in [5.41, 5.74) is 0. The summed E-state index contributed by atoms with van der Waals surface area (Å²) >= 11 is 0. The molecule has 0 aliphatic carbocycles. The van der Waals surface area contributed by atoms with Gasteiger partial charge in [0.1, 0.15) is 0 Å². The molecule has 12 heteroatoms. The van der Waals surface area contributed by atoms with Crippen molar-refractivity contribution >= 4 is 30.3 Å². The summed E-state index contributed by atoms with van der Waals surface area (Å²) in [6.45, 7) is -1.40. The SMILES string of the molecule is O=S(=O)(NC(COS(=O)(=O)c1ccccc1)COS(=O)(=O)c1ccccc1)c1ccccc1. The van der Waals surface area contributed by atoms with Gasteiger partial charge in [0.05, 0.1) is 33.9 Å². The highest BCUT2D eigenvalue weighted by Gasteiger charge is 2.26. The zero-order chi connectivity index (χ0) is 24.0. The Labute approximate surface area is 193 Å². The molecule has 0 saturated carbocycles. The summed E-state index contributed by atoms with van der Waals surface area (Å²) in [6, 6.07) is 20.5. The smallest absolute Gasteiger partial charge is 0.265 e. The van der Waals surface area contributed by atoms with Gasteiger partial charge in [-0.25, -0.2) is 13.1 Å². The molecule has 0 amide bonds. The monoisotopic (exact) mass is 511 g/mol. The van der Waals surface area contributed by atoms with Gasteiger partial charge in [0.25, 0.3) is 20.2 Å². The Balaban J connectivity index is 1.80. The van der Waals surface area contributed by atoms with E-state index in [9.17, 15) is 25.3 Å². The molecule has 0 unspecified atom stereocenters. The standard InChI is InChI=1S/C21H21NO8S3/c23-31(24,19-10-4-1-5-11-19)22-18(16-29-32(25,26)20-12-6-2-7-13-20)17-30-33(27,28)21-14-8-3-9-15-21/h1-15,18,22H,16-17H2. The van der Waals surface area contributed by atoms with Gasteiger partial charge in [-0.3, -0.25) is 8.37 Å². The van der Waals surface area contributed by atoms with Crippen LogP contribution in [0.2, 0.25) is 0 Å². The summed E-state index contributed by atoms with van der Waals surface area (Å²) < 4.78 is 87.4. The normalized spacial score (nSPS) is 12.6. The Morgan fingerprint density at radius 1 is 0.545 bits per heavy atom. The Morgan fingerprint density at radius 3 is 1.24 bits per heavy atom. The fraction of sp³-hybridized carbons (Fsp3) is 0.143. The van der Waals surface area contributed by atoms with Gasteiger partial charge in [0, 0.05) is 0 Å². The second kappa shape index (κ2) is 10.5. The van der Waals surface area contributed by atoms with Crippen LogP contribution in [-0.2, 0) is 38.6 Å². The maximum absolute atomic E-state index is 12.7. The van der Waals surface area contributed by atoms with Crippen molar-refractivity contribution in [2.24, 2.45) is 0 Å². The minimum Gasteiger partial charge on any atom is -0.265 e. The number of sulfonamides is 1. The van der Waals surface area contributed by atoms with Crippen molar-refractivity contribution < 1.29 is 33.6 Å². The van der Waals surface area contributed by atoms with Gasteiger partial charge in [0.15, 0.2) is 0 Å². The highest BCUT2D eigenvalue weighted by molar-refractivity contribution is 7.89. The zero-order valence-corrected chi connectivity index (χ0v) is 19.6. The number of hydrogen-bond donors (Lipinski definition) is 1. The lowest BCUT2D eigenvalue weighted by atomic mass is 10.4. The van der Waals surface area contributed by atoms with Crippen molar-refractivity contribution in [3.05, 3.63) is 91.0 Å². The molecule has 0 saturated heterocycles. The average molecular weight is 512 g/mol. The summed E-state index contributed by atoms with van der Waals surface area (Å²) in [5, 5.41) is 0. The Kier molecular flexibility index (Phi) is 8.00. The first kappa shape index (κ1) is 25.0. The molecule has 0 atom stereocenters. The highest BCUT2D eigenvalue weighted by atomic mass is 32.2. The van der Waals surface area contributed by atoms with Crippen LogP contribution in [-0.4, -0.2) is 44.5 Å². The maximum atomic E-state index is 12.7. The van der Waals surface area contributed by atoms with Crippen molar-refractivity contribution in [2.75, 3.05) is 13.2 Å². The van der Waals surface area contributed by atoms with Gasteiger partial charge >= 0.3 is 0 Å². The molecular weight excluding hydrogens is 490 g/mol. The van der Waals surface area contributed by atoms with Crippen LogP contribution in [0.15, 0.2) is 106 Å². The molecule has 3 aromatic rings. The minimum absolute atomic E-state index is 0.0909. The van der Waals surface area contributed by atoms with Crippen LogP contribution >= 0.6 is 0 Å². The quantitative estimate of drug-likeness (QED) is 0.387. The van der Waals surface area contributed by atoms with Crippen molar-refractivity contribution in [3.8, 4) is 0 Å². The van der Waals surface area contributed by atoms with Crippen LogP contribution in [0.25, 0.3) is 0 Å². The second-order valence-electron chi connectivity index (χ2n) is 6.73. The highest BCUT2D eigenvalue weighted by Crippen LogP contribution is 2.15. The van der Waals surface area contributed by atoms with Crippen LogP contribution in [0.4, 0.5) is 0 Å². The topological polar surface area (TPSA) is 133 Å². The lowest BCUT2D eigenvalue weighted by molar-refractivity contribution is 0.218. The molecule has 0 aromatic heterocycles. The van der Waals surface area contributed by atoms with Gasteiger partial charge < -0.3 is 0 Å². The molecular formula is C21H21NO8S3. The van der Waals surface area contributed by atoms with Crippen molar-refractivity contribution in [2.45, 2.75) is 20.7 Å². The summed E-state index contributed by atoms with van der Waals surface area (Å²) in [4.78, 5) is -0.355. The molecule has 0 bridgehead atoms. The Bertz CT molecular complexity index is 1290. The number of nitrogens with one attached hydrogen (secondary N) is 1. The van der Waals surface area contributed by atoms with E-state index in [4.69, 9.17) is 8.37 Å². The Hall–Kier alpha value is -2.61. The summed E-state index contributed by atoms with van der Waals surface area (Å²) in [5.74, 6) is 0. The lowest BCUT2D eigenvalue weighted by Crippen LogP contribution is -2.42. The van der Waals surface area contributed by atoms with Crippen LogP contribution in [0.5, 0.6) is 0 Å². The maximum Gasteiger partial charge on any atom is 0.297 e. The van der Waals surface area contributed by atoms with Crippen LogP contribution in [0.1, 0.15) is 0 Å². The van der Waals surface area contributed by atoms with Crippen molar-refractivity contribution in [3.63, 3.8) is 0 Å². The largest absolute Gasteiger partial charge is 0.297 e. The van der Waals surface area contributed by atoms with Crippen molar-refractivity contribution in [1.82, 2.24) is 4.72 Å². The lowest BCUT2D eigenvalue weighted by Gasteiger charge is -2.19. The molecule has 0 aliphatic heterocycles. The van der Waals surface area contributed by atoms with E-state index in [0.717, 1.165) is 0 Å². The van der Waals surface area contributed by atoms with Gasteiger partial charge in [0.2, 0.25) is 10.0 Å². The van der Waals surface area contributed by atoms with E-state index in [0.29, 0.717) is 0 Å². The number of hydrogen-bond acceptors (Lipinski definition) is 8. The minimum atomic E-state index is -4.22. The molecule has 3 aromatic carbocycles. The first-order chi connectivity index (χ1) is 15.6. The first-order valence-electron chi connectivity index (χ1n) is 9.56. The third-order valence-electron chi connectivity index (χ3n) is 4.29. The molecule has 0 fully saturated rings. The van der Waals surface area contributed by atoms with Gasteiger partial charge in [-0.2, -0.15) is 16.8 Å². The van der Waals surface area contributed by atoms with Crippen LogP contribution in [0, 0.1) is 0 Å². The van der Waals surface area contributed by atoms with Gasteiger partial charge in [-0.05, 0) is 36.4 Å². The van der Waals surface area contributed by atoms with E-state index in [1.807, 2.05) is 0 Å². The molecule has 33 heavy (non-hydrogen) atoms. The predicted octanol–water partition coefficient (Wildman–Crippen LogP) is 2.14. The summed E-state index contributed by atoms with van der Waals surface area (Å²) in [7, 11) is -12.6. The van der Waals surface area contributed by atoms with E-state index in [1.54, 1.807) is 18.2 Å². The summed E-state index contributed by atoms with van der Waals surface area (Å²) in [6.07, 6.45) is 0. The van der Waals surface area contributed by atoms with E-state index in [2.05, 4.69) is 4.72 Å². The van der Waals surface area contributed by atoms with E-state index >= 15 is 0 Å². The first-order valence-corrected chi connectivity index (χ1v) is 13.9. The molecule has 1 N–H and O–H groups in total. The molecule has 0 heterocycles. The molecule has 0 spiro atoms. The third-order valence-corrected chi connectivity index (χ3v) is 8.42. The van der Waals surface area contributed by atoms with Gasteiger partial charge in [-0.1, -0.05) is 54.6 Å². The fourth-order valence-electron chi connectivity index (χ4n) is 2.66. The third kappa shape index (κ3) is 6.93. The fourth-order valence-corrected chi connectivity index (χ4v) is 5.82. The van der Waals surface area contributed by atoms with Crippen LogP contribution < -0.4 is 4.72 Å². The van der Waals surface area contributed by atoms with Crippen LogP contribution in [0.3, 0.4) is 0 Å². The molecule has 0 radical (unpaired) electrons. The van der Waals surface area contributed by atoms with E-state index in [1.165, 1.54) is 72.8 Å². The predicted molar refractivity (Wildman–Crippen MR) is 120 cm³/mol. The molecule has 9 nitrogen and oxygen atoms in total. The van der Waals surface area contributed by atoms with E-state index < -0.39 is 49.5 Å². The van der Waals surface area contributed by atoms with E-state index in [-0.39, 0.29) is 14.7 Å². The average Bonchev–Trinajstić information content (AvgIpc) is 2.82. The molecule has 0 aliphatic rings. The Morgan fingerprint density at radius 2 is 0.879 bits per heavy atom. The zero-order valence-electron chi connectivity index (χ0n) is 17.1. The number of benzene rings is 3.